The van der Waals surface area contributed by atoms with Crippen LogP contribution in [0.25, 0.3) is 10.8 Å². The van der Waals surface area contributed by atoms with Crippen molar-refractivity contribution in [2.45, 2.75) is 13.3 Å². The lowest BCUT2D eigenvalue weighted by Crippen LogP contribution is -2.38. The molecule has 2 aromatic carbocycles. The van der Waals surface area contributed by atoms with Gasteiger partial charge < -0.3 is 10.1 Å². The molecule has 23 heavy (non-hydrogen) atoms. The normalized spacial score (nSPS) is 15.7. The van der Waals surface area contributed by atoms with Gasteiger partial charge in [0.1, 0.15) is 0 Å². The predicted octanol–water partition coefficient (Wildman–Crippen LogP) is 2.60. The van der Waals surface area contributed by atoms with Crippen LogP contribution in [0.3, 0.4) is 0 Å². The Morgan fingerprint density at radius 1 is 1.13 bits per heavy atom. The van der Waals surface area contributed by atoms with Gasteiger partial charge in [-0.25, -0.2) is 0 Å². The van der Waals surface area contributed by atoms with Crippen LogP contribution in [0.1, 0.15) is 22.3 Å². The minimum atomic E-state index is 0.00875. The summed E-state index contributed by atoms with van der Waals surface area (Å²) in [4.78, 5) is 14.6. The number of nitrogens with one attached hydrogen (secondary N) is 1. The molecule has 0 aliphatic carbocycles. The Morgan fingerprint density at radius 2 is 1.87 bits per heavy atom. The molecule has 1 saturated heterocycles. The van der Waals surface area contributed by atoms with Crippen LogP contribution in [0.5, 0.6) is 0 Å². The number of ether oxygens (including phenoxy) is 1. The van der Waals surface area contributed by atoms with E-state index in [9.17, 15) is 4.79 Å². The van der Waals surface area contributed by atoms with Crippen LogP contribution in [0.2, 0.25) is 0 Å². The summed E-state index contributed by atoms with van der Waals surface area (Å²) in [6, 6.07) is 12.2. The van der Waals surface area contributed by atoms with Crippen LogP contribution in [-0.4, -0.2) is 50.2 Å². The van der Waals surface area contributed by atoms with Crippen molar-refractivity contribution in [1.82, 2.24) is 10.2 Å². The summed E-state index contributed by atoms with van der Waals surface area (Å²) in [5.41, 5.74) is 1.96. The van der Waals surface area contributed by atoms with Crippen LogP contribution < -0.4 is 5.32 Å². The van der Waals surface area contributed by atoms with Gasteiger partial charge in [-0.3, -0.25) is 9.69 Å². The number of hydrogen-bond acceptors (Lipinski definition) is 3. The van der Waals surface area contributed by atoms with Crippen LogP contribution in [0.15, 0.2) is 36.4 Å². The third-order valence-electron chi connectivity index (χ3n) is 4.30. The smallest absolute Gasteiger partial charge is 0.251 e. The highest BCUT2D eigenvalue weighted by Gasteiger charge is 2.10. The lowest BCUT2D eigenvalue weighted by atomic mass is 10.0. The topological polar surface area (TPSA) is 41.6 Å². The second kappa shape index (κ2) is 7.57. The average molecular weight is 312 g/mol. The summed E-state index contributed by atoms with van der Waals surface area (Å²) in [6.07, 6.45) is 0.971. The van der Waals surface area contributed by atoms with Crippen LogP contribution in [0.4, 0.5) is 0 Å². The molecule has 1 aliphatic rings. The van der Waals surface area contributed by atoms with Crippen LogP contribution >= 0.6 is 0 Å². The molecular weight excluding hydrogens is 288 g/mol. The Balaban J connectivity index is 1.50. The molecule has 122 valence electrons. The highest BCUT2D eigenvalue weighted by Crippen LogP contribution is 2.17. The molecule has 1 fully saturated rings. The van der Waals surface area contributed by atoms with E-state index in [4.69, 9.17) is 4.74 Å². The molecule has 0 bridgehead atoms. The van der Waals surface area contributed by atoms with Gasteiger partial charge >= 0.3 is 0 Å². The Hall–Kier alpha value is -1.91. The van der Waals surface area contributed by atoms with Crippen molar-refractivity contribution in [3.05, 3.63) is 47.5 Å². The number of benzene rings is 2. The molecule has 0 saturated carbocycles. The van der Waals surface area contributed by atoms with Gasteiger partial charge in [0.25, 0.3) is 5.91 Å². The van der Waals surface area contributed by atoms with E-state index in [0.717, 1.165) is 50.2 Å². The van der Waals surface area contributed by atoms with Crippen molar-refractivity contribution in [2.75, 3.05) is 39.4 Å². The monoisotopic (exact) mass is 312 g/mol. The molecule has 1 aliphatic heterocycles. The lowest BCUT2D eigenvalue weighted by molar-refractivity contribution is 0.0374. The maximum Gasteiger partial charge on any atom is 0.251 e. The Bertz CT molecular complexity index is 678. The van der Waals surface area contributed by atoms with Gasteiger partial charge in [0.2, 0.25) is 0 Å². The number of carbonyl (C=O) groups is 1. The molecule has 0 radical (unpaired) electrons. The second-order valence-electron chi connectivity index (χ2n) is 6.13. The largest absolute Gasteiger partial charge is 0.379 e. The zero-order chi connectivity index (χ0) is 16.1. The second-order valence-corrected chi connectivity index (χ2v) is 6.13. The Morgan fingerprint density at radius 3 is 2.70 bits per heavy atom. The molecule has 1 N–H and O–H groups in total. The van der Waals surface area contributed by atoms with Crippen molar-refractivity contribution in [1.29, 1.82) is 0 Å². The fraction of sp³-hybridized carbons (Fsp3) is 0.421. The number of rotatable bonds is 5. The predicted molar refractivity (Wildman–Crippen MR) is 92.9 cm³/mol. The lowest BCUT2D eigenvalue weighted by Gasteiger charge is -2.26. The number of nitrogens with zero attached hydrogens (tertiary/aromatic N) is 1. The van der Waals surface area contributed by atoms with E-state index < -0.39 is 0 Å². The van der Waals surface area contributed by atoms with Gasteiger partial charge in [0.15, 0.2) is 0 Å². The van der Waals surface area contributed by atoms with E-state index in [1.165, 1.54) is 10.9 Å². The van der Waals surface area contributed by atoms with E-state index in [2.05, 4.69) is 35.3 Å². The third kappa shape index (κ3) is 4.30. The summed E-state index contributed by atoms with van der Waals surface area (Å²) in [5.74, 6) is 0.00875. The first-order valence-electron chi connectivity index (χ1n) is 8.31. The van der Waals surface area contributed by atoms with Crippen molar-refractivity contribution in [3.8, 4) is 0 Å². The molecule has 4 nitrogen and oxygen atoms in total. The van der Waals surface area contributed by atoms with Crippen molar-refractivity contribution < 1.29 is 9.53 Å². The van der Waals surface area contributed by atoms with E-state index in [1.54, 1.807) is 0 Å². The standard InChI is InChI=1S/C19H24N2O2/c1-15-3-4-17-14-18(6-5-16(17)13-15)19(22)20-7-2-8-21-9-11-23-12-10-21/h3-6,13-14H,2,7-12H2,1H3,(H,20,22). The molecule has 4 heteroatoms. The molecule has 0 atom stereocenters. The SMILES string of the molecule is Cc1ccc2cc(C(=O)NCCCN3CCOCC3)ccc2c1. The van der Waals surface area contributed by atoms with Gasteiger partial charge in [-0.15, -0.1) is 0 Å². The van der Waals surface area contributed by atoms with Crippen molar-refractivity contribution in [2.24, 2.45) is 0 Å². The zero-order valence-corrected chi connectivity index (χ0v) is 13.7. The quantitative estimate of drug-likeness (QED) is 0.863. The maximum absolute atomic E-state index is 12.3. The molecule has 2 aromatic rings. The molecular formula is C19H24N2O2. The minimum Gasteiger partial charge on any atom is -0.379 e. The minimum absolute atomic E-state index is 0.00875. The maximum atomic E-state index is 12.3. The number of carbonyl (C=O) groups excluding carboxylic acids is 1. The number of morpholine rings is 1. The number of amides is 1. The van der Waals surface area contributed by atoms with E-state index in [1.807, 2.05) is 18.2 Å². The van der Waals surface area contributed by atoms with Gasteiger partial charge in [-0.05, 0) is 42.8 Å². The Labute approximate surface area is 137 Å². The summed E-state index contributed by atoms with van der Waals surface area (Å²) >= 11 is 0. The van der Waals surface area contributed by atoms with Gasteiger partial charge in [0, 0.05) is 25.2 Å². The fourth-order valence-corrected chi connectivity index (χ4v) is 2.94. The van der Waals surface area contributed by atoms with Gasteiger partial charge in [0.05, 0.1) is 13.2 Å². The first-order chi connectivity index (χ1) is 11.2. The third-order valence-corrected chi connectivity index (χ3v) is 4.30. The summed E-state index contributed by atoms with van der Waals surface area (Å²) < 4.78 is 5.33. The van der Waals surface area contributed by atoms with Crippen LogP contribution in [0, 0.1) is 6.92 Å². The average Bonchev–Trinajstić information content (AvgIpc) is 2.59. The molecule has 1 heterocycles. The molecule has 3 rings (SSSR count). The summed E-state index contributed by atoms with van der Waals surface area (Å²) in [7, 11) is 0. The fourth-order valence-electron chi connectivity index (χ4n) is 2.94. The first kappa shape index (κ1) is 16.0. The van der Waals surface area contributed by atoms with Crippen molar-refractivity contribution >= 4 is 16.7 Å². The molecule has 0 aromatic heterocycles. The van der Waals surface area contributed by atoms with Gasteiger partial charge in [-0.2, -0.15) is 0 Å². The van der Waals surface area contributed by atoms with E-state index in [0.29, 0.717) is 6.54 Å². The Kier molecular flexibility index (Phi) is 5.26. The van der Waals surface area contributed by atoms with Gasteiger partial charge in [-0.1, -0.05) is 29.8 Å². The summed E-state index contributed by atoms with van der Waals surface area (Å²) in [6.45, 7) is 7.44. The molecule has 0 unspecified atom stereocenters. The van der Waals surface area contributed by atoms with Crippen LogP contribution in [-0.2, 0) is 4.74 Å². The highest BCUT2D eigenvalue weighted by atomic mass is 16.5. The zero-order valence-electron chi connectivity index (χ0n) is 13.7. The van der Waals surface area contributed by atoms with E-state index >= 15 is 0 Å². The number of hydrogen-bond donors (Lipinski definition) is 1. The molecule has 0 spiro atoms. The first-order valence-corrected chi connectivity index (χ1v) is 8.31. The molecule has 1 amide bonds. The highest BCUT2D eigenvalue weighted by molar-refractivity contribution is 5.98. The van der Waals surface area contributed by atoms with Crippen molar-refractivity contribution in [3.63, 3.8) is 0 Å². The van der Waals surface area contributed by atoms with E-state index in [-0.39, 0.29) is 5.91 Å². The summed E-state index contributed by atoms with van der Waals surface area (Å²) in [5, 5.41) is 5.30. The number of fused-ring (bicyclic) bond motifs is 1. The number of aryl methyl sites for hydroxylation is 1.